The third-order valence-corrected chi connectivity index (χ3v) is 6.48. The average molecular weight is 409 g/mol. The van der Waals surface area contributed by atoms with Crippen LogP contribution in [0, 0.1) is 0 Å². The lowest BCUT2D eigenvalue weighted by molar-refractivity contribution is -0.116. The Labute approximate surface area is 164 Å². The van der Waals surface area contributed by atoms with Crippen molar-refractivity contribution < 1.29 is 4.79 Å². The van der Waals surface area contributed by atoms with Gasteiger partial charge in [-0.15, -0.1) is 23.5 Å². The highest BCUT2D eigenvalue weighted by Crippen LogP contribution is 2.29. The summed E-state index contributed by atoms with van der Waals surface area (Å²) in [6, 6.07) is 13.9. The monoisotopic (exact) mass is 408 g/mol. The topological polar surface area (TPSA) is 42.0 Å². The SMILES string of the molecule is CSc1ccc2nc(NC(=O)CCCSc3ccc(Cl)cc3)sc2c1. The standard InChI is InChI=1S/C18H17ClN2OS3/c1-23-14-8-9-15-16(11-14)25-18(20-15)21-17(22)3-2-10-24-13-6-4-12(19)5-7-13/h4-9,11H,2-3,10H2,1H3,(H,20,21,22). The second kappa shape index (κ2) is 8.94. The van der Waals surface area contributed by atoms with Crippen LogP contribution in [0.2, 0.25) is 5.02 Å². The van der Waals surface area contributed by atoms with E-state index in [1.807, 2.05) is 42.7 Å². The summed E-state index contributed by atoms with van der Waals surface area (Å²) in [6.07, 6.45) is 3.36. The van der Waals surface area contributed by atoms with E-state index >= 15 is 0 Å². The Morgan fingerprint density at radius 2 is 1.96 bits per heavy atom. The molecular formula is C18H17ClN2OS3. The van der Waals surface area contributed by atoms with Gasteiger partial charge in [-0.25, -0.2) is 4.98 Å². The molecule has 0 aliphatic rings. The fraction of sp³-hybridized carbons (Fsp3) is 0.222. The number of hydrogen-bond acceptors (Lipinski definition) is 5. The van der Waals surface area contributed by atoms with Gasteiger partial charge in [0.05, 0.1) is 10.2 Å². The third-order valence-electron chi connectivity index (χ3n) is 3.47. The van der Waals surface area contributed by atoms with Gasteiger partial charge in [0.1, 0.15) is 0 Å². The van der Waals surface area contributed by atoms with Gasteiger partial charge in [0, 0.05) is 21.2 Å². The van der Waals surface area contributed by atoms with Gasteiger partial charge in [0.15, 0.2) is 5.13 Å². The van der Waals surface area contributed by atoms with Crippen molar-refractivity contribution in [3.8, 4) is 0 Å². The van der Waals surface area contributed by atoms with Crippen molar-refractivity contribution in [1.82, 2.24) is 4.98 Å². The molecule has 0 aliphatic carbocycles. The molecule has 0 radical (unpaired) electrons. The molecule has 0 aliphatic heterocycles. The first kappa shape index (κ1) is 18.6. The number of thiazole rings is 1. The van der Waals surface area contributed by atoms with E-state index in [4.69, 9.17) is 11.6 Å². The zero-order valence-electron chi connectivity index (χ0n) is 13.6. The molecule has 0 fully saturated rings. The minimum absolute atomic E-state index is 0.0147. The summed E-state index contributed by atoms with van der Waals surface area (Å²) in [6.45, 7) is 0. The maximum Gasteiger partial charge on any atom is 0.226 e. The maximum atomic E-state index is 12.1. The van der Waals surface area contributed by atoms with E-state index in [0.717, 1.165) is 27.4 Å². The first-order valence-corrected chi connectivity index (χ1v) is 11.2. The molecule has 130 valence electrons. The Morgan fingerprint density at radius 1 is 1.20 bits per heavy atom. The van der Waals surface area contributed by atoms with Crippen molar-refractivity contribution in [2.75, 3.05) is 17.3 Å². The quantitative estimate of drug-likeness (QED) is 0.374. The summed E-state index contributed by atoms with van der Waals surface area (Å²) >= 11 is 10.8. The zero-order chi connectivity index (χ0) is 17.6. The largest absolute Gasteiger partial charge is 0.302 e. The van der Waals surface area contributed by atoms with Crippen LogP contribution in [0.1, 0.15) is 12.8 Å². The normalized spacial score (nSPS) is 11.0. The summed E-state index contributed by atoms with van der Waals surface area (Å²) in [7, 11) is 0. The van der Waals surface area contributed by atoms with Crippen LogP contribution in [0.25, 0.3) is 10.2 Å². The number of nitrogens with one attached hydrogen (secondary N) is 1. The predicted octanol–water partition coefficient (Wildman–Crippen LogP) is 6.18. The Balaban J connectivity index is 1.46. The van der Waals surface area contributed by atoms with Gasteiger partial charge < -0.3 is 5.32 Å². The number of anilines is 1. The van der Waals surface area contributed by atoms with E-state index in [0.29, 0.717) is 11.6 Å². The average Bonchev–Trinajstić information content (AvgIpc) is 3.01. The molecule has 0 bridgehead atoms. The van der Waals surface area contributed by atoms with Crippen LogP contribution in [0.4, 0.5) is 5.13 Å². The highest BCUT2D eigenvalue weighted by Gasteiger charge is 2.08. The molecule has 1 N–H and O–H groups in total. The third kappa shape index (κ3) is 5.38. The van der Waals surface area contributed by atoms with Crippen LogP contribution in [0.3, 0.4) is 0 Å². The Kier molecular flexibility index (Phi) is 6.64. The number of fused-ring (bicyclic) bond motifs is 1. The number of carbonyl (C=O) groups is 1. The number of rotatable bonds is 7. The van der Waals surface area contributed by atoms with Crippen LogP contribution in [0.15, 0.2) is 52.3 Å². The van der Waals surface area contributed by atoms with E-state index in [1.165, 1.54) is 21.1 Å². The van der Waals surface area contributed by atoms with Gasteiger partial charge >= 0.3 is 0 Å². The molecule has 0 unspecified atom stereocenters. The number of aromatic nitrogens is 1. The predicted molar refractivity (Wildman–Crippen MR) is 111 cm³/mol. The van der Waals surface area contributed by atoms with Crippen LogP contribution < -0.4 is 5.32 Å². The van der Waals surface area contributed by atoms with Crippen LogP contribution in [-0.4, -0.2) is 22.9 Å². The number of thioether (sulfide) groups is 2. The van der Waals surface area contributed by atoms with Gasteiger partial charge in [-0.1, -0.05) is 22.9 Å². The van der Waals surface area contributed by atoms with Crippen molar-refractivity contribution >= 4 is 67.7 Å². The number of hydrogen-bond donors (Lipinski definition) is 1. The number of carbonyl (C=O) groups excluding carboxylic acids is 1. The molecule has 0 saturated heterocycles. The van der Waals surface area contributed by atoms with Gasteiger partial charge in [0.25, 0.3) is 0 Å². The molecule has 3 rings (SSSR count). The zero-order valence-corrected chi connectivity index (χ0v) is 16.8. The van der Waals surface area contributed by atoms with Crippen LogP contribution in [-0.2, 0) is 4.79 Å². The van der Waals surface area contributed by atoms with Crippen molar-refractivity contribution in [3.63, 3.8) is 0 Å². The lowest BCUT2D eigenvalue weighted by Gasteiger charge is -2.02. The number of nitrogens with zero attached hydrogens (tertiary/aromatic N) is 1. The van der Waals surface area contributed by atoms with E-state index in [2.05, 4.69) is 16.4 Å². The Bertz CT molecular complexity index is 864. The summed E-state index contributed by atoms with van der Waals surface area (Å²) in [5.41, 5.74) is 0.927. The molecule has 2 aromatic carbocycles. The molecule has 3 nitrogen and oxygen atoms in total. The van der Waals surface area contributed by atoms with E-state index in [9.17, 15) is 4.79 Å². The summed E-state index contributed by atoms with van der Waals surface area (Å²) in [5, 5.41) is 4.32. The highest BCUT2D eigenvalue weighted by atomic mass is 35.5. The fourth-order valence-electron chi connectivity index (χ4n) is 2.22. The van der Waals surface area contributed by atoms with Crippen molar-refractivity contribution in [1.29, 1.82) is 0 Å². The van der Waals surface area contributed by atoms with Crippen molar-refractivity contribution in [2.24, 2.45) is 0 Å². The maximum absolute atomic E-state index is 12.1. The molecule has 25 heavy (non-hydrogen) atoms. The highest BCUT2D eigenvalue weighted by molar-refractivity contribution is 7.99. The van der Waals surface area contributed by atoms with E-state index in [1.54, 1.807) is 23.5 Å². The lowest BCUT2D eigenvalue weighted by atomic mass is 10.3. The fourth-order valence-corrected chi connectivity index (χ4v) is 4.64. The van der Waals surface area contributed by atoms with Crippen molar-refractivity contribution in [2.45, 2.75) is 22.6 Å². The van der Waals surface area contributed by atoms with E-state index < -0.39 is 0 Å². The molecule has 7 heteroatoms. The second-order valence-corrected chi connectivity index (χ2v) is 8.82. The van der Waals surface area contributed by atoms with Gasteiger partial charge in [0.2, 0.25) is 5.91 Å². The minimum atomic E-state index is 0.0147. The summed E-state index contributed by atoms with van der Waals surface area (Å²) in [4.78, 5) is 18.9. The Morgan fingerprint density at radius 3 is 2.72 bits per heavy atom. The molecule has 1 aromatic heterocycles. The first-order chi connectivity index (χ1) is 12.1. The van der Waals surface area contributed by atoms with Crippen LogP contribution in [0.5, 0.6) is 0 Å². The van der Waals surface area contributed by atoms with Gasteiger partial charge in [-0.3, -0.25) is 4.79 Å². The second-order valence-electron chi connectivity index (χ2n) is 5.31. The van der Waals surface area contributed by atoms with Gasteiger partial charge in [-0.05, 0) is 60.9 Å². The molecule has 0 saturated carbocycles. The molecule has 3 aromatic rings. The Hall–Kier alpha value is -1.21. The molecule has 1 amide bonds. The summed E-state index contributed by atoms with van der Waals surface area (Å²) < 4.78 is 1.10. The number of benzene rings is 2. The molecule has 1 heterocycles. The van der Waals surface area contributed by atoms with Gasteiger partial charge in [-0.2, -0.15) is 0 Å². The number of halogens is 1. The summed E-state index contributed by atoms with van der Waals surface area (Å²) in [5.74, 6) is 0.909. The molecule has 0 spiro atoms. The van der Waals surface area contributed by atoms with E-state index in [-0.39, 0.29) is 5.91 Å². The molecule has 0 atom stereocenters. The number of amides is 1. The smallest absolute Gasteiger partial charge is 0.226 e. The van der Waals surface area contributed by atoms with Crippen LogP contribution >= 0.6 is 46.5 Å². The first-order valence-electron chi connectivity index (χ1n) is 7.77. The lowest BCUT2D eigenvalue weighted by Crippen LogP contribution is -2.11. The minimum Gasteiger partial charge on any atom is -0.302 e. The van der Waals surface area contributed by atoms with Crippen molar-refractivity contribution in [3.05, 3.63) is 47.5 Å². The molecular weight excluding hydrogens is 392 g/mol.